The Balaban J connectivity index is 1.89. The summed E-state index contributed by atoms with van der Waals surface area (Å²) in [6, 6.07) is 9.79. The molecule has 2 N–H and O–H groups in total. The number of carbonyl (C=O) groups is 1. The van der Waals surface area contributed by atoms with Gasteiger partial charge in [0.2, 0.25) is 0 Å². The summed E-state index contributed by atoms with van der Waals surface area (Å²) in [5.41, 5.74) is 2.83. The molecule has 7 nitrogen and oxygen atoms in total. The number of hydrogen-bond donors (Lipinski definition) is 2. The Bertz CT molecular complexity index is 1480. The van der Waals surface area contributed by atoms with Crippen LogP contribution in [0.25, 0.3) is 27.5 Å². The highest BCUT2D eigenvalue weighted by Crippen LogP contribution is 2.46. The molecule has 5 rings (SSSR count). The first-order chi connectivity index (χ1) is 16.2. The SMILES string of the molecule is CC(C)(CC#N)c1c(C2COC(C(=O)O)C2)c2cc3[nH]ncc3cc2n1-c1ccc(F)c(F)c1. The number of fused-ring (bicyclic) bond motifs is 2. The van der Waals surface area contributed by atoms with Crippen LogP contribution in [0.2, 0.25) is 0 Å². The first kappa shape index (κ1) is 22.0. The highest BCUT2D eigenvalue weighted by molar-refractivity contribution is 5.99. The molecule has 0 saturated carbocycles. The van der Waals surface area contributed by atoms with E-state index in [1.54, 1.807) is 6.20 Å². The van der Waals surface area contributed by atoms with Crippen molar-refractivity contribution in [1.29, 1.82) is 5.26 Å². The number of hydrogen-bond acceptors (Lipinski definition) is 4. The largest absolute Gasteiger partial charge is 0.479 e. The van der Waals surface area contributed by atoms with E-state index >= 15 is 0 Å². The third kappa shape index (κ3) is 3.42. The number of benzene rings is 2. The summed E-state index contributed by atoms with van der Waals surface area (Å²) in [6.07, 6.45) is 1.17. The van der Waals surface area contributed by atoms with E-state index < -0.39 is 29.1 Å². The van der Waals surface area contributed by atoms with Crippen molar-refractivity contribution < 1.29 is 23.4 Å². The van der Waals surface area contributed by atoms with Gasteiger partial charge < -0.3 is 14.4 Å². The molecule has 0 amide bonds. The summed E-state index contributed by atoms with van der Waals surface area (Å²) in [5, 5.41) is 27.8. The van der Waals surface area contributed by atoms with Gasteiger partial charge in [-0.2, -0.15) is 10.4 Å². The fourth-order valence-electron chi connectivity index (χ4n) is 5.00. The first-order valence-electron chi connectivity index (χ1n) is 10.9. The highest BCUT2D eigenvalue weighted by atomic mass is 19.2. The molecule has 34 heavy (non-hydrogen) atoms. The lowest BCUT2D eigenvalue weighted by atomic mass is 9.79. The summed E-state index contributed by atoms with van der Waals surface area (Å²) in [6.45, 7) is 4.04. The molecule has 1 fully saturated rings. The van der Waals surface area contributed by atoms with E-state index in [1.165, 1.54) is 6.07 Å². The molecular formula is C25H22F2N4O3. The van der Waals surface area contributed by atoms with Gasteiger partial charge in [0, 0.05) is 46.0 Å². The average molecular weight is 464 g/mol. The van der Waals surface area contributed by atoms with Gasteiger partial charge in [0.05, 0.1) is 29.9 Å². The van der Waals surface area contributed by atoms with E-state index in [2.05, 4.69) is 16.3 Å². The topological polar surface area (TPSA) is 104 Å². The van der Waals surface area contributed by atoms with Crippen LogP contribution in [0.3, 0.4) is 0 Å². The number of halogens is 2. The number of carboxylic acid groups (broad SMARTS) is 1. The summed E-state index contributed by atoms with van der Waals surface area (Å²) >= 11 is 0. The first-order valence-corrected chi connectivity index (χ1v) is 10.9. The number of ether oxygens (including phenoxy) is 1. The van der Waals surface area contributed by atoms with Gasteiger partial charge in [-0.25, -0.2) is 13.6 Å². The van der Waals surface area contributed by atoms with Crippen LogP contribution in [-0.2, 0) is 14.9 Å². The molecular weight excluding hydrogens is 442 g/mol. The van der Waals surface area contributed by atoms with Crippen molar-refractivity contribution in [2.45, 2.75) is 44.1 Å². The normalized spacial score (nSPS) is 18.6. The number of H-pyrrole nitrogens is 1. The molecule has 2 aromatic heterocycles. The number of aromatic nitrogens is 3. The lowest BCUT2D eigenvalue weighted by molar-refractivity contribution is -0.147. The molecule has 0 spiro atoms. The van der Waals surface area contributed by atoms with Crippen molar-refractivity contribution in [3.8, 4) is 11.8 Å². The van der Waals surface area contributed by atoms with Crippen LogP contribution in [0.15, 0.2) is 36.5 Å². The second-order valence-electron chi connectivity index (χ2n) is 9.33. The van der Waals surface area contributed by atoms with Gasteiger partial charge in [-0.05, 0) is 36.2 Å². The molecule has 2 atom stereocenters. The van der Waals surface area contributed by atoms with E-state index in [9.17, 15) is 23.9 Å². The fraction of sp³-hybridized carbons (Fsp3) is 0.320. The molecule has 0 radical (unpaired) electrons. The van der Waals surface area contributed by atoms with Gasteiger partial charge in [0.1, 0.15) is 0 Å². The molecule has 1 saturated heterocycles. The molecule has 0 aliphatic carbocycles. The summed E-state index contributed by atoms with van der Waals surface area (Å²) in [5.74, 6) is -3.22. The average Bonchev–Trinajstić information content (AvgIpc) is 3.50. The lowest BCUT2D eigenvalue weighted by Crippen LogP contribution is -2.24. The van der Waals surface area contributed by atoms with E-state index in [0.29, 0.717) is 5.69 Å². The molecule has 3 heterocycles. The zero-order valence-corrected chi connectivity index (χ0v) is 18.6. The molecule has 174 valence electrons. The standard InChI is InChI=1S/C25H22F2N4O3/c1-25(2,5-6-28)23-22(14-8-21(24(32)33)34-12-14)16-10-19-13(11-29-30-19)7-20(16)31(23)15-3-4-17(26)18(27)9-15/h3-4,7,9-11,14,21H,5,8,12H2,1-2H3,(H,29,30)(H,32,33). The molecule has 4 aromatic rings. The van der Waals surface area contributed by atoms with Crippen molar-refractivity contribution in [2.24, 2.45) is 0 Å². The van der Waals surface area contributed by atoms with Crippen molar-refractivity contribution >= 4 is 27.8 Å². The van der Waals surface area contributed by atoms with E-state index in [-0.39, 0.29) is 25.4 Å². The van der Waals surface area contributed by atoms with Gasteiger partial charge >= 0.3 is 5.97 Å². The maximum Gasteiger partial charge on any atom is 0.332 e. The Morgan fingerprint density at radius 1 is 1.32 bits per heavy atom. The van der Waals surface area contributed by atoms with Crippen LogP contribution in [0.5, 0.6) is 0 Å². The van der Waals surface area contributed by atoms with E-state index in [1.807, 2.05) is 30.5 Å². The zero-order chi connectivity index (χ0) is 24.2. The number of carboxylic acids is 1. The third-order valence-electron chi connectivity index (χ3n) is 6.57. The number of aliphatic carboxylic acids is 1. The van der Waals surface area contributed by atoms with Crippen LogP contribution in [0, 0.1) is 23.0 Å². The number of nitriles is 1. The summed E-state index contributed by atoms with van der Waals surface area (Å²) < 4.78 is 35.6. The minimum atomic E-state index is -1.03. The predicted molar refractivity (Wildman–Crippen MR) is 121 cm³/mol. The molecule has 9 heteroatoms. The number of rotatable bonds is 5. The minimum absolute atomic E-state index is 0.162. The Labute approximate surface area is 193 Å². The lowest BCUT2D eigenvalue weighted by Gasteiger charge is -2.28. The van der Waals surface area contributed by atoms with Gasteiger partial charge in [0.25, 0.3) is 0 Å². The summed E-state index contributed by atoms with van der Waals surface area (Å²) in [7, 11) is 0. The van der Waals surface area contributed by atoms with Crippen LogP contribution in [-0.4, -0.2) is 38.6 Å². The molecule has 1 aliphatic heterocycles. The Hall–Kier alpha value is -3.77. The van der Waals surface area contributed by atoms with Gasteiger partial charge in [-0.3, -0.25) is 5.10 Å². The number of nitrogens with one attached hydrogen (secondary N) is 1. The Kier molecular flexibility index (Phi) is 5.14. The highest BCUT2D eigenvalue weighted by Gasteiger charge is 2.39. The molecule has 2 unspecified atom stereocenters. The second kappa shape index (κ2) is 7.92. The van der Waals surface area contributed by atoms with Crippen molar-refractivity contribution in [3.63, 3.8) is 0 Å². The predicted octanol–water partition coefficient (Wildman–Crippen LogP) is 4.93. The molecule has 2 aromatic carbocycles. The monoisotopic (exact) mass is 464 g/mol. The summed E-state index contributed by atoms with van der Waals surface area (Å²) in [4.78, 5) is 11.6. The maximum absolute atomic E-state index is 14.4. The van der Waals surface area contributed by atoms with Gasteiger partial charge in [-0.15, -0.1) is 0 Å². The van der Waals surface area contributed by atoms with Crippen LogP contribution in [0.1, 0.15) is 43.9 Å². The van der Waals surface area contributed by atoms with Crippen molar-refractivity contribution in [2.75, 3.05) is 6.61 Å². The Morgan fingerprint density at radius 3 is 2.79 bits per heavy atom. The number of nitrogens with zero attached hydrogens (tertiary/aromatic N) is 3. The van der Waals surface area contributed by atoms with Crippen molar-refractivity contribution in [3.05, 3.63) is 59.4 Å². The number of aromatic amines is 1. The molecule has 1 aliphatic rings. The fourth-order valence-corrected chi connectivity index (χ4v) is 5.00. The molecule has 0 bridgehead atoms. The Morgan fingerprint density at radius 2 is 2.12 bits per heavy atom. The maximum atomic E-state index is 14.4. The second-order valence-corrected chi connectivity index (χ2v) is 9.33. The van der Waals surface area contributed by atoms with Gasteiger partial charge in [-0.1, -0.05) is 13.8 Å². The zero-order valence-electron chi connectivity index (χ0n) is 18.6. The smallest absolute Gasteiger partial charge is 0.332 e. The van der Waals surface area contributed by atoms with Crippen LogP contribution >= 0.6 is 0 Å². The van der Waals surface area contributed by atoms with E-state index in [0.717, 1.165) is 45.2 Å². The third-order valence-corrected chi connectivity index (χ3v) is 6.57. The van der Waals surface area contributed by atoms with Crippen LogP contribution < -0.4 is 0 Å². The minimum Gasteiger partial charge on any atom is -0.479 e. The van der Waals surface area contributed by atoms with Gasteiger partial charge in [0.15, 0.2) is 17.7 Å². The van der Waals surface area contributed by atoms with Crippen LogP contribution in [0.4, 0.5) is 8.78 Å². The quantitative estimate of drug-likeness (QED) is 0.436. The van der Waals surface area contributed by atoms with Crippen molar-refractivity contribution in [1.82, 2.24) is 14.8 Å². The van der Waals surface area contributed by atoms with E-state index in [4.69, 9.17) is 4.74 Å².